The third-order valence-electron chi connectivity index (χ3n) is 3.08. The molecule has 0 fully saturated rings. The summed E-state index contributed by atoms with van der Waals surface area (Å²) in [6, 6.07) is 4.37. The zero-order chi connectivity index (χ0) is 15.1. The van der Waals surface area contributed by atoms with Crippen LogP contribution in [0, 0.1) is 0 Å². The highest BCUT2D eigenvalue weighted by Gasteiger charge is 2.04. The average molecular weight is 450 g/mol. The molecule has 0 aliphatic heterocycles. The highest BCUT2D eigenvalue weighted by molar-refractivity contribution is 14.0. The lowest BCUT2D eigenvalue weighted by molar-refractivity contribution is 0.811. The van der Waals surface area contributed by atoms with Crippen LogP contribution in [-0.2, 0) is 25.9 Å². The van der Waals surface area contributed by atoms with Gasteiger partial charge in [-0.2, -0.15) is 0 Å². The van der Waals surface area contributed by atoms with Crippen molar-refractivity contribution in [1.29, 1.82) is 0 Å². The van der Waals surface area contributed by atoms with Crippen LogP contribution in [0.1, 0.15) is 33.5 Å². The van der Waals surface area contributed by atoms with Gasteiger partial charge in [0.25, 0.3) is 0 Å². The number of thiazole rings is 1. The van der Waals surface area contributed by atoms with E-state index in [4.69, 9.17) is 0 Å². The number of aryl methyl sites for hydroxylation is 2. The summed E-state index contributed by atoms with van der Waals surface area (Å²) in [4.78, 5) is 12.7. The molecule has 0 radical (unpaired) electrons. The summed E-state index contributed by atoms with van der Waals surface area (Å²) in [5, 5.41) is 7.74. The number of guanidine groups is 1. The Hall–Kier alpha value is -0.670. The molecule has 0 saturated carbocycles. The van der Waals surface area contributed by atoms with Crippen molar-refractivity contribution in [3.05, 3.63) is 38.0 Å². The molecule has 2 rings (SSSR count). The number of thiophene rings is 1. The van der Waals surface area contributed by atoms with Crippen LogP contribution in [0.25, 0.3) is 0 Å². The molecule has 2 heterocycles. The Bertz CT molecular complexity index is 544. The third kappa shape index (κ3) is 5.85. The van der Waals surface area contributed by atoms with E-state index in [0.29, 0.717) is 0 Å². The van der Waals surface area contributed by atoms with E-state index >= 15 is 0 Å². The van der Waals surface area contributed by atoms with Gasteiger partial charge < -0.3 is 10.6 Å². The molecule has 2 aromatic heterocycles. The van der Waals surface area contributed by atoms with Crippen molar-refractivity contribution < 1.29 is 0 Å². The number of nitrogens with one attached hydrogen (secondary N) is 2. The molecule has 0 saturated heterocycles. The minimum Gasteiger partial charge on any atom is -0.352 e. The van der Waals surface area contributed by atoms with Gasteiger partial charge >= 0.3 is 0 Å². The minimum atomic E-state index is 0. The van der Waals surface area contributed by atoms with Crippen molar-refractivity contribution in [3.8, 4) is 0 Å². The first-order chi connectivity index (χ1) is 10.2. The summed E-state index contributed by atoms with van der Waals surface area (Å²) in [6.07, 6.45) is 4.10. The van der Waals surface area contributed by atoms with Crippen LogP contribution in [0.2, 0.25) is 0 Å². The summed E-state index contributed by atoms with van der Waals surface area (Å²) in [6.45, 7) is 5.86. The lowest BCUT2D eigenvalue weighted by atomic mass is 10.4. The molecule has 122 valence electrons. The topological polar surface area (TPSA) is 49.3 Å². The molecule has 2 N–H and O–H groups in total. The van der Waals surface area contributed by atoms with Crippen molar-refractivity contribution in [2.24, 2.45) is 4.99 Å². The Kier molecular flexibility index (Phi) is 8.96. The minimum absolute atomic E-state index is 0. The van der Waals surface area contributed by atoms with E-state index < -0.39 is 0 Å². The number of aromatic nitrogens is 1. The standard InChI is InChI=1S/C15H22N4S2.HI/c1-4-11-6-7-13(20-11)9-18-15(16-3)19-10-14-17-8-12(5-2)21-14;/h6-8H,4-5,9-10H2,1-3H3,(H2,16,18,19);1H. The Labute approximate surface area is 157 Å². The summed E-state index contributed by atoms with van der Waals surface area (Å²) in [7, 11) is 1.79. The molecule has 22 heavy (non-hydrogen) atoms. The summed E-state index contributed by atoms with van der Waals surface area (Å²) in [5.41, 5.74) is 0. The Morgan fingerprint density at radius 1 is 1.05 bits per heavy atom. The second-order valence-electron chi connectivity index (χ2n) is 4.57. The van der Waals surface area contributed by atoms with Crippen LogP contribution < -0.4 is 10.6 Å². The molecule has 0 aliphatic carbocycles. The van der Waals surface area contributed by atoms with Gasteiger partial charge in [0.1, 0.15) is 5.01 Å². The van der Waals surface area contributed by atoms with Crippen molar-refractivity contribution in [3.63, 3.8) is 0 Å². The number of rotatable bonds is 6. The summed E-state index contributed by atoms with van der Waals surface area (Å²) in [5.74, 6) is 0.815. The van der Waals surface area contributed by atoms with Crippen LogP contribution in [0.5, 0.6) is 0 Å². The van der Waals surface area contributed by atoms with E-state index in [9.17, 15) is 0 Å². The zero-order valence-corrected chi connectivity index (χ0v) is 17.1. The molecule has 0 aliphatic rings. The number of nitrogens with zero attached hydrogens (tertiary/aromatic N) is 2. The van der Waals surface area contributed by atoms with Gasteiger partial charge in [-0.15, -0.1) is 46.7 Å². The van der Waals surface area contributed by atoms with Crippen molar-refractivity contribution in [1.82, 2.24) is 15.6 Å². The first-order valence-electron chi connectivity index (χ1n) is 7.20. The second-order valence-corrected chi connectivity index (χ2v) is 7.03. The SMILES string of the molecule is CCc1ccc(CNC(=NC)NCc2ncc(CC)s2)s1.I. The fraction of sp³-hybridized carbons (Fsp3) is 0.467. The summed E-state index contributed by atoms with van der Waals surface area (Å²) < 4.78 is 0. The van der Waals surface area contributed by atoms with Crippen molar-refractivity contribution >= 4 is 52.6 Å². The van der Waals surface area contributed by atoms with E-state index in [1.54, 1.807) is 18.4 Å². The van der Waals surface area contributed by atoms with Crippen LogP contribution in [0.3, 0.4) is 0 Å². The van der Waals surface area contributed by atoms with Gasteiger partial charge in [-0.05, 0) is 25.0 Å². The largest absolute Gasteiger partial charge is 0.352 e. The van der Waals surface area contributed by atoms with Crippen LogP contribution in [-0.4, -0.2) is 18.0 Å². The van der Waals surface area contributed by atoms with Gasteiger partial charge in [0, 0.05) is 27.9 Å². The first kappa shape index (κ1) is 19.4. The highest BCUT2D eigenvalue weighted by Crippen LogP contribution is 2.16. The second kappa shape index (κ2) is 10.2. The molecule has 4 nitrogen and oxygen atoms in total. The Morgan fingerprint density at radius 2 is 1.73 bits per heavy atom. The Balaban J connectivity index is 0.00000242. The van der Waals surface area contributed by atoms with Gasteiger partial charge in [0.15, 0.2) is 5.96 Å². The van der Waals surface area contributed by atoms with E-state index in [1.165, 1.54) is 14.6 Å². The molecule has 2 aromatic rings. The smallest absolute Gasteiger partial charge is 0.191 e. The van der Waals surface area contributed by atoms with Crippen molar-refractivity contribution in [2.45, 2.75) is 39.8 Å². The monoisotopic (exact) mass is 450 g/mol. The van der Waals surface area contributed by atoms with Gasteiger partial charge in [0.2, 0.25) is 0 Å². The fourth-order valence-corrected chi connectivity index (χ4v) is 3.55. The highest BCUT2D eigenvalue weighted by atomic mass is 127. The number of hydrogen-bond acceptors (Lipinski definition) is 4. The quantitative estimate of drug-likeness (QED) is 0.400. The molecule has 0 bridgehead atoms. The molecule has 7 heteroatoms. The molecule has 0 unspecified atom stereocenters. The van der Waals surface area contributed by atoms with E-state index in [0.717, 1.165) is 36.9 Å². The van der Waals surface area contributed by atoms with Gasteiger partial charge in [-0.1, -0.05) is 13.8 Å². The number of hydrogen-bond donors (Lipinski definition) is 2. The van der Waals surface area contributed by atoms with E-state index in [2.05, 4.69) is 46.6 Å². The predicted octanol–water partition coefficient (Wildman–Crippen LogP) is 3.81. The zero-order valence-electron chi connectivity index (χ0n) is 13.2. The maximum atomic E-state index is 4.40. The van der Waals surface area contributed by atoms with E-state index in [-0.39, 0.29) is 24.0 Å². The van der Waals surface area contributed by atoms with Crippen molar-refractivity contribution in [2.75, 3.05) is 7.05 Å². The van der Waals surface area contributed by atoms with Crippen LogP contribution in [0.15, 0.2) is 23.3 Å². The lowest BCUT2D eigenvalue weighted by Crippen LogP contribution is -2.36. The molecule has 0 amide bonds. The maximum absolute atomic E-state index is 4.40. The van der Waals surface area contributed by atoms with Gasteiger partial charge in [-0.25, -0.2) is 4.98 Å². The molecule has 0 spiro atoms. The van der Waals surface area contributed by atoms with Crippen LogP contribution >= 0.6 is 46.7 Å². The first-order valence-corrected chi connectivity index (χ1v) is 8.84. The predicted molar refractivity (Wildman–Crippen MR) is 108 cm³/mol. The fourth-order valence-electron chi connectivity index (χ4n) is 1.85. The third-order valence-corrected chi connectivity index (χ3v) is 5.45. The number of aliphatic imine (C=N–C) groups is 1. The summed E-state index contributed by atoms with van der Waals surface area (Å²) >= 11 is 3.60. The Morgan fingerprint density at radius 3 is 2.32 bits per heavy atom. The normalized spacial score (nSPS) is 11.1. The van der Waals surface area contributed by atoms with Gasteiger partial charge in [0.05, 0.1) is 13.1 Å². The molecular formula is C15H23IN4S2. The maximum Gasteiger partial charge on any atom is 0.191 e. The lowest BCUT2D eigenvalue weighted by Gasteiger charge is -2.09. The van der Waals surface area contributed by atoms with Crippen LogP contribution in [0.4, 0.5) is 0 Å². The molecular weight excluding hydrogens is 427 g/mol. The van der Waals surface area contributed by atoms with Gasteiger partial charge in [-0.3, -0.25) is 4.99 Å². The molecule has 0 atom stereocenters. The molecule has 0 aromatic carbocycles. The van der Waals surface area contributed by atoms with E-state index in [1.807, 2.05) is 17.5 Å². The average Bonchev–Trinajstić information content (AvgIpc) is 3.16. The number of halogens is 1.